The topological polar surface area (TPSA) is 144 Å². The first-order valence-corrected chi connectivity index (χ1v) is 7.43. The van der Waals surface area contributed by atoms with Gasteiger partial charge in [-0.15, -0.1) is 0 Å². The van der Waals surface area contributed by atoms with Gasteiger partial charge in [-0.05, 0) is 24.3 Å². The van der Waals surface area contributed by atoms with Crippen LogP contribution in [0.5, 0.6) is 5.75 Å². The number of aliphatic hydroxyl groups is 3. The van der Waals surface area contributed by atoms with Crippen LogP contribution in [0, 0.1) is 0 Å². The summed E-state index contributed by atoms with van der Waals surface area (Å²) in [5, 5.41) is 32.2. The van der Waals surface area contributed by atoms with Crippen molar-refractivity contribution in [1.82, 2.24) is 5.32 Å². The number of aliphatic hydroxyl groups excluding tert-OH is 3. The maximum Gasteiger partial charge on any atom is 0.245 e. The SMILES string of the molecule is CNC(=O)CO[C@H]1[C@@H](O)[C@@H](CO)O[C@H](Oc2ccc(N)cc2)[C@@H]1O. The van der Waals surface area contributed by atoms with E-state index in [4.69, 9.17) is 19.9 Å². The van der Waals surface area contributed by atoms with E-state index in [1.54, 1.807) is 24.3 Å². The van der Waals surface area contributed by atoms with Crippen molar-refractivity contribution in [2.24, 2.45) is 0 Å². The van der Waals surface area contributed by atoms with Crippen LogP contribution >= 0.6 is 0 Å². The molecule has 1 heterocycles. The molecule has 0 radical (unpaired) electrons. The number of carbonyl (C=O) groups excluding carboxylic acids is 1. The zero-order valence-electron chi connectivity index (χ0n) is 13.2. The van der Waals surface area contributed by atoms with Crippen molar-refractivity contribution in [3.8, 4) is 5.75 Å². The Morgan fingerprint density at radius 3 is 2.54 bits per heavy atom. The molecule has 0 spiro atoms. The first kappa shape index (κ1) is 18.4. The summed E-state index contributed by atoms with van der Waals surface area (Å²) in [4.78, 5) is 11.3. The summed E-state index contributed by atoms with van der Waals surface area (Å²) in [6, 6.07) is 6.40. The predicted molar refractivity (Wildman–Crippen MR) is 83.0 cm³/mol. The number of carbonyl (C=O) groups is 1. The Labute approximate surface area is 138 Å². The summed E-state index contributed by atoms with van der Waals surface area (Å²) in [5.41, 5.74) is 6.14. The number of amides is 1. The van der Waals surface area contributed by atoms with Crippen molar-refractivity contribution in [2.45, 2.75) is 30.7 Å². The lowest BCUT2D eigenvalue weighted by atomic mass is 9.99. The molecule has 1 aromatic rings. The van der Waals surface area contributed by atoms with E-state index in [0.717, 1.165) is 0 Å². The van der Waals surface area contributed by atoms with Crippen molar-refractivity contribution in [3.63, 3.8) is 0 Å². The molecule has 0 saturated carbocycles. The summed E-state index contributed by atoms with van der Waals surface area (Å²) in [5.74, 6) is -0.0381. The Bertz CT molecular complexity index is 539. The minimum Gasteiger partial charge on any atom is -0.462 e. The van der Waals surface area contributed by atoms with E-state index in [0.29, 0.717) is 11.4 Å². The summed E-state index contributed by atoms with van der Waals surface area (Å²) in [6.07, 6.45) is -6.07. The molecular weight excluding hydrogens is 320 g/mol. The number of ether oxygens (including phenoxy) is 3. The number of hydrogen-bond acceptors (Lipinski definition) is 8. The van der Waals surface area contributed by atoms with Crippen molar-refractivity contribution in [2.75, 3.05) is 26.0 Å². The number of nitrogens with two attached hydrogens (primary N) is 1. The number of benzene rings is 1. The molecular formula is C15H22N2O7. The molecule has 0 bridgehead atoms. The van der Waals surface area contributed by atoms with Crippen LogP contribution in [0.2, 0.25) is 0 Å². The van der Waals surface area contributed by atoms with Gasteiger partial charge in [0, 0.05) is 12.7 Å². The van der Waals surface area contributed by atoms with E-state index in [9.17, 15) is 20.1 Å². The Balaban J connectivity index is 2.09. The van der Waals surface area contributed by atoms with Gasteiger partial charge < -0.3 is 40.6 Å². The van der Waals surface area contributed by atoms with Gasteiger partial charge in [0.15, 0.2) is 0 Å². The van der Waals surface area contributed by atoms with E-state index < -0.39 is 43.2 Å². The zero-order chi connectivity index (χ0) is 17.7. The number of anilines is 1. The lowest BCUT2D eigenvalue weighted by Gasteiger charge is -2.41. The standard InChI is InChI=1S/C15H22N2O7/c1-17-11(19)7-22-14-12(20)10(6-18)24-15(13(14)21)23-9-4-2-8(16)3-5-9/h2-5,10,12-15,18,20-21H,6-7,16H2,1H3,(H,17,19)/t10-,12+,13-,14+,15+/m1/s1. The second kappa shape index (κ2) is 8.27. The summed E-state index contributed by atoms with van der Waals surface area (Å²) in [6.45, 7) is -0.864. The smallest absolute Gasteiger partial charge is 0.245 e. The second-order valence-corrected chi connectivity index (χ2v) is 5.34. The first-order valence-electron chi connectivity index (χ1n) is 7.43. The quantitative estimate of drug-likeness (QED) is 0.382. The number of likely N-dealkylation sites (N-methyl/N-ethyl adjacent to an activating group) is 1. The molecule has 9 heteroatoms. The maximum atomic E-state index is 11.3. The fourth-order valence-corrected chi connectivity index (χ4v) is 2.27. The zero-order valence-corrected chi connectivity index (χ0v) is 13.2. The Morgan fingerprint density at radius 1 is 1.29 bits per heavy atom. The summed E-state index contributed by atoms with van der Waals surface area (Å²) >= 11 is 0. The van der Waals surface area contributed by atoms with Crippen molar-refractivity contribution in [3.05, 3.63) is 24.3 Å². The Hall–Kier alpha value is -1.91. The van der Waals surface area contributed by atoms with Crippen molar-refractivity contribution >= 4 is 11.6 Å². The number of rotatable bonds is 6. The molecule has 1 aromatic carbocycles. The minimum absolute atomic E-state index is 0.359. The molecule has 0 unspecified atom stereocenters. The molecule has 6 N–H and O–H groups in total. The Morgan fingerprint density at radius 2 is 1.96 bits per heavy atom. The van der Waals surface area contributed by atoms with E-state index >= 15 is 0 Å². The molecule has 0 aromatic heterocycles. The highest BCUT2D eigenvalue weighted by Crippen LogP contribution is 2.26. The monoisotopic (exact) mass is 342 g/mol. The summed E-state index contributed by atoms with van der Waals surface area (Å²) in [7, 11) is 1.44. The highest BCUT2D eigenvalue weighted by Gasteiger charge is 2.46. The van der Waals surface area contributed by atoms with Gasteiger partial charge in [0.05, 0.1) is 6.61 Å². The van der Waals surface area contributed by atoms with Crippen LogP contribution in [-0.4, -0.2) is 72.2 Å². The molecule has 24 heavy (non-hydrogen) atoms. The lowest BCUT2D eigenvalue weighted by Crippen LogP contribution is -2.61. The van der Waals surface area contributed by atoms with Crippen LogP contribution in [0.15, 0.2) is 24.3 Å². The Kier molecular flexibility index (Phi) is 6.35. The highest BCUT2D eigenvalue weighted by molar-refractivity contribution is 5.76. The molecule has 1 aliphatic heterocycles. The summed E-state index contributed by atoms with van der Waals surface area (Å²) < 4.78 is 16.2. The fourth-order valence-electron chi connectivity index (χ4n) is 2.27. The van der Waals surface area contributed by atoms with Crippen LogP contribution < -0.4 is 15.8 Å². The van der Waals surface area contributed by atoms with E-state index in [2.05, 4.69) is 5.32 Å². The van der Waals surface area contributed by atoms with Crippen LogP contribution in [0.25, 0.3) is 0 Å². The molecule has 1 saturated heterocycles. The van der Waals surface area contributed by atoms with Gasteiger partial charge in [0.2, 0.25) is 12.2 Å². The van der Waals surface area contributed by atoms with Gasteiger partial charge in [-0.2, -0.15) is 0 Å². The van der Waals surface area contributed by atoms with E-state index in [1.165, 1.54) is 7.05 Å². The predicted octanol–water partition coefficient (Wildman–Crippen LogP) is -1.78. The first-order chi connectivity index (χ1) is 11.5. The third kappa shape index (κ3) is 4.34. The normalized spacial score (nSPS) is 29.9. The molecule has 1 aliphatic rings. The highest BCUT2D eigenvalue weighted by atomic mass is 16.7. The van der Waals surface area contributed by atoms with Gasteiger partial charge in [-0.25, -0.2) is 0 Å². The third-order valence-corrected chi connectivity index (χ3v) is 3.64. The van der Waals surface area contributed by atoms with Crippen LogP contribution in [-0.2, 0) is 14.3 Å². The molecule has 1 fully saturated rings. The number of nitrogens with one attached hydrogen (secondary N) is 1. The van der Waals surface area contributed by atoms with E-state index in [-0.39, 0.29) is 6.61 Å². The molecule has 0 aliphatic carbocycles. The average molecular weight is 342 g/mol. The van der Waals surface area contributed by atoms with Crippen LogP contribution in [0.3, 0.4) is 0 Å². The van der Waals surface area contributed by atoms with Crippen molar-refractivity contribution < 1.29 is 34.3 Å². The van der Waals surface area contributed by atoms with Gasteiger partial charge in [-0.3, -0.25) is 4.79 Å². The average Bonchev–Trinajstić information content (AvgIpc) is 2.58. The number of nitrogen functional groups attached to an aromatic ring is 1. The van der Waals surface area contributed by atoms with E-state index in [1.807, 2.05) is 0 Å². The number of hydrogen-bond donors (Lipinski definition) is 5. The van der Waals surface area contributed by atoms with Gasteiger partial charge in [0.1, 0.15) is 36.8 Å². The molecule has 134 valence electrons. The lowest BCUT2D eigenvalue weighted by molar-refractivity contribution is -0.284. The maximum absolute atomic E-state index is 11.3. The molecule has 2 rings (SSSR count). The fraction of sp³-hybridized carbons (Fsp3) is 0.533. The second-order valence-electron chi connectivity index (χ2n) is 5.34. The van der Waals surface area contributed by atoms with Crippen molar-refractivity contribution in [1.29, 1.82) is 0 Å². The van der Waals surface area contributed by atoms with Crippen LogP contribution in [0.4, 0.5) is 5.69 Å². The van der Waals surface area contributed by atoms with Gasteiger partial charge >= 0.3 is 0 Å². The van der Waals surface area contributed by atoms with Gasteiger partial charge in [0.25, 0.3) is 0 Å². The van der Waals surface area contributed by atoms with Gasteiger partial charge in [-0.1, -0.05) is 0 Å². The molecule has 5 atom stereocenters. The molecule has 1 amide bonds. The van der Waals surface area contributed by atoms with Crippen LogP contribution in [0.1, 0.15) is 0 Å². The third-order valence-electron chi connectivity index (χ3n) is 3.64. The largest absolute Gasteiger partial charge is 0.462 e. The minimum atomic E-state index is -1.37. The molecule has 9 nitrogen and oxygen atoms in total.